The van der Waals surface area contributed by atoms with E-state index in [1.807, 2.05) is 6.92 Å². The molecular formula is C9H9N3O3. The Morgan fingerprint density at radius 3 is 3.07 bits per heavy atom. The van der Waals surface area contributed by atoms with Gasteiger partial charge in [0.1, 0.15) is 5.52 Å². The number of non-ortho nitro benzene ring substituents is 1. The molecular weight excluding hydrogens is 198 g/mol. The second-order valence-corrected chi connectivity index (χ2v) is 2.96. The van der Waals surface area contributed by atoms with Crippen LogP contribution in [0.4, 0.5) is 11.7 Å². The lowest BCUT2D eigenvalue weighted by molar-refractivity contribution is -0.384. The summed E-state index contributed by atoms with van der Waals surface area (Å²) in [5.74, 6) is 0. The van der Waals surface area contributed by atoms with Crippen LogP contribution in [0, 0.1) is 10.1 Å². The lowest BCUT2D eigenvalue weighted by Crippen LogP contribution is -1.95. The van der Waals surface area contributed by atoms with Crippen molar-refractivity contribution in [2.75, 3.05) is 11.9 Å². The normalized spacial score (nSPS) is 10.5. The average Bonchev–Trinajstić information content (AvgIpc) is 2.59. The third-order valence-corrected chi connectivity index (χ3v) is 1.91. The lowest BCUT2D eigenvalue weighted by atomic mass is 10.3. The zero-order valence-electron chi connectivity index (χ0n) is 8.06. The molecule has 1 heterocycles. The number of oxazole rings is 1. The van der Waals surface area contributed by atoms with Crippen molar-refractivity contribution in [2.45, 2.75) is 6.92 Å². The molecule has 0 aliphatic heterocycles. The van der Waals surface area contributed by atoms with Gasteiger partial charge < -0.3 is 9.73 Å². The summed E-state index contributed by atoms with van der Waals surface area (Å²) < 4.78 is 5.27. The summed E-state index contributed by atoms with van der Waals surface area (Å²) in [6, 6.07) is 4.72. The number of hydrogen-bond donors (Lipinski definition) is 1. The fourth-order valence-corrected chi connectivity index (χ4v) is 1.25. The molecule has 0 saturated carbocycles. The Labute approximate surface area is 85.1 Å². The van der Waals surface area contributed by atoms with Gasteiger partial charge in [-0.05, 0) is 13.0 Å². The molecule has 6 heteroatoms. The quantitative estimate of drug-likeness (QED) is 0.616. The van der Waals surface area contributed by atoms with Gasteiger partial charge in [-0.3, -0.25) is 10.1 Å². The van der Waals surface area contributed by atoms with Crippen molar-refractivity contribution in [3.05, 3.63) is 28.3 Å². The number of fused-ring (bicyclic) bond motifs is 1. The first-order valence-electron chi connectivity index (χ1n) is 4.49. The molecule has 1 aromatic carbocycles. The van der Waals surface area contributed by atoms with E-state index in [1.165, 1.54) is 12.1 Å². The molecule has 0 aliphatic rings. The molecule has 0 aliphatic carbocycles. The average molecular weight is 207 g/mol. The predicted molar refractivity (Wildman–Crippen MR) is 54.8 cm³/mol. The summed E-state index contributed by atoms with van der Waals surface area (Å²) in [7, 11) is 0. The molecule has 0 fully saturated rings. The standard InChI is InChI=1S/C9H9N3O3/c1-2-10-9-11-7-4-3-6(12(13)14)5-8(7)15-9/h3-5H,2H2,1H3,(H,10,11). The van der Waals surface area contributed by atoms with Gasteiger partial charge in [-0.1, -0.05) is 0 Å². The minimum absolute atomic E-state index is 0.00157. The van der Waals surface area contributed by atoms with E-state index >= 15 is 0 Å². The molecule has 0 unspecified atom stereocenters. The Morgan fingerprint density at radius 2 is 2.40 bits per heavy atom. The van der Waals surface area contributed by atoms with Gasteiger partial charge >= 0.3 is 0 Å². The van der Waals surface area contributed by atoms with E-state index in [-0.39, 0.29) is 5.69 Å². The Bertz CT molecular complexity index is 506. The van der Waals surface area contributed by atoms with Crippen LogP contribution in [0.15, 0.2) is 22.6 Å². The molecule has 1 N–H and O–H groups in total. The number of anilines is 1. The van der Waals surface area contributed by atoms with Crippen LogP contribution in [0.25, 0.3) is 11.1 Å². The minimum atomic E-state index is -0.463. The van der Waals surface area contributed by atoms with Gasteiger partial charge in [-0.15, -0.1) is 0 Å². The lowest BCUT2D eigenvalue weighted by Gasteiger charge is -1.91. The van der Waals surface area contributed by atoms with Gasteiger partial charge in [0, 0.05) is 12.6 Å². The highest BCUT2D eigenvalue weighted by Gasteiger charge is 2.10. The van der Waals surface area contributed by atoms with Gasteiger partial charge in [0.05, 0.1) is 11.0 Å². The molecule has 2 rings (SSSR count). The molecule has 1 aromatic heterocycles. The van der Waals surface area contributed by atoms with Gasteiger partial charge in [0.2, 0.25) is 0 Å². The highest BCUT2D eigenvalue weighted by atomic mass is 16.6. The number of hydrogen-bond acceptors (Lipinski definition) is 5. The summed E-state index contributed by atoms with van der Waals surface area (Å²) >= 11 is 0. The number of aromatic nitrogens is 1. The van der Waals surface area contributed by atoms with E-state index < -0.39 is 4.92 Å². The van der Waals surface area contributed by atoms with Crippen LogP contribution in [0.1, 0.15) is 6.92 Å². The van der Waals surface area contributed by atoms with E-state index in [2.05, 4.69) is 10.3 Å². The zero-order chi connectivity index (χ0) is 10.8. The summed E-state index contributed by atoms with van der Waals surface area (Å²) in [4.78, 5) is 14.1. The number of nitrogens with zero attached hydrogens (tertiary/aromatic N) is 2. The maximum Gasteiger partial charge on any atom is 0.295 e. The number of nitro benzene ring substituents is 1. The van der Waals surface area contributed by atoms with E-state index in [4.69, 9.17) is 4.42 Å². The Morgan fingerprint density at radius 1 is 1.60 bits per heavy atom. The van der Waals surface area contributed by atoms with Gasteiger partial charge in [-0.2, -0.15) is 4.98 Å². The van der Waals surface area contributed by atoms with Crippen LogP contribution < -0.4 is 5.32 Å². The van der Waals surface area contributed by atoms with Crippen LogP contribution >= 0.6 is 0 Å². The Kier molecular flexibility index (Phi) is 2.24. The van der Waals surface area contributed by atoms with E-state index in [0.29, 0.717) is 23.7 Å². The van der Waals surface area contributed by atoms with Gasteiger partial charge in [-0.25, -0.2) is 0 Å². The van der Waals surface area contributed by atoms with Crippen molar-refractivity contribution in [3.8, 4) is 0 Å². The number of benzene rings is 1. The molecule has 15 heavy (non-hydrogen) atoms. The fourth-order valence-electron chi connectivity index (χ4n) is 1.25. The summed E-state index contributed by atoms with van der Waals surface area (Å²) in [6.45, 7) is 2.60. The molecule has 0 bridgehead atoms. The second-order valence-electron chi connectivity index (χ2n) is 2.96. The van der Waals surface area contributed by atoms with Crippen LogP contribution in [-0.2, 0) is 0 Å². The molecule has 2 aromatic rings. The zero-order valence-corrected chi connectivity index (χ0v) is 8.06. The Hall–Kier alpha value is -2.11. The van der Waals surface area contributed by atoms with Crippen molar-refractivity contribution < 1.29 is 9.34 Å². The third kappa shape index (κ3) is 1.74. The fraction of sp³-hybridized carbons (Fsp3) is 0.222. The monoisotopic (exact) mass is 207 g/mol. The molecule has 78 valence electrons. The smallest absolute Gasteiger partial charge is 0.295 e. The van der Waals surface area contributed by atoms with Crippen LogP contribution in [-0.4, -0.2) is 16.5 Å². The number of nitrogens with one attached hydrogen (secondary N) is 1. The number of rotatable bonds is 3. The molecule has 0 saturated heterocycles. The van der Waals surface area contributed by atoms with Crippen LogP contribution in [0.5, 0.6) is 0 Å². The maximum absolute atomic E-state index is 10.5. The summed E-state index contributed by atoms with van der Waals surface area (Å²) in [6.07, 6.45) is 0. The van der Waals surface area contributed by atoms with Crippen molar-refractivity contribution in [2.24, 2.45) is 0 Å². The van der Waals surface area contributed by atoms with Crippen LogP contribution in [0.2, 0.25) is 0 Å². The molecule has 0 amide bonds. The summed E-state index contributed by atoms with van der Waals surface area (Å²) in [5.41, 5.74) is 1.03. The third-order valence-electron chi connectivity index (χ3n) is 1.91. The second kappa shape index (κ2) is 3.56. The summed E-state index contributed by atoms with van der Waals surface area (Å²) in [5, 5.41) is 13.4. The first-order chi connectivity index (χ1) is 7.20. The van der Waals surface area contributed by atoms with E-state index in [1.54, 1.807) is 6.07 Å². The molecule has 0 radical (unpaired) electrons. The highest BCUT2D eigenvalue weighted by molar-refractivity contribution is 5.77. The topological polar surface area (TPSA) is 81.2 Å². The SMILES string of the molecule is CCNc1nc2ccc([N+](=O)[O-])cc2o1. The molecule has 0 spiro atoms. The maximum atomic E-state index is 10.5. The van der Waals surface area contributed by atoms with Crippen molar-refractivity contribution in [1.29, 1.82) is 0 Å². The molecule has 6 nitrogen and oxygen atoms in total. The first-order valence-corrected chi connectivity index (χ1v) is 4.49. The van der Waals surface area contributed by atoms with E-state index in [0.717, 1.165) is 0 Å². The van der Waals surface area contributed by atoms with Crippen LogP contribution in [0.3, 0.4) is 0 Å². The highest BCUT2D eigenvalue weighted by Crippen LogP contribution is 2.23. The first kappa shape index (κ1) is 9.45. The van der Waals surface area contributed by atoms with Gasteiger partial charge in [0.15, 0.2) is 5.58 Å². The van der Waals surface area contributed by atoms with Crippen molar-refractivity contribution in [1.82, 2.24) is 4.98 Å². The van der Waals surface area contributed by atoms with Gasteiger partial charge in [0.25, 0.3) is 11.7 Å². The largest absolute Gasteiger partial charge is 0.423 e. The van der Waals surface area contributed by atoms with Crippen molar-refractivity contribution >= 4 is 22.8 Å². The number of nitro groups is 1. The predicted octanol–water partition coefficient (Wildman–Crippen LogP) is 2.17. The minimum Gasteiger partial charge on any atom is -0.423 e. The van der Waals surface area contributed by atoms with E-state index in [9.17, 15) is 10.1 Å². The van der Waals surface area contributed by atoms with Crippen molar-refractivity contribution in [3.63, 3.8) is 0 Å². The Balaban J connectivity index is 2.47. The molecule has 0 atom stereocenters.